The second kappa shape index (κ2) is 5.69. The molecule has 0 aromatic rings. The summed E-state index contributed by atoms with van der Waals surface area (Å²) >= 11 is 0. The lowest BCUT2D eigenvalue weighted by atomic mass is 10.0. The first kappa shape index (κ1) is 13.3. The van der Waals surface area contributed by atoms with Crippen molar-refractivity contribution in [2.75, 3.05) is 32.7 Å². The highest BCUT2D eigenvalue weighted by molar-refractivity contribution is 5.78. The van der Waals surface area contributed by atoms with E-state index in [2.05, 4.69) is 6.92 Å². The molecule has 2 unspecified atom stereocenters. The van der Waals surface area contributed by atoms with Gasteiger partial charge in [-0.2, -0.15) is 0 Å². The van der Waals surface area contributed by atoms with Crippen molar-refractivity contribution >= 4 is 11.9 Å². The van der Waals surface area contributed by atoms with Gasteiger partial charge in [-0.05, 0) is 31.7 Å². The number of likely N-dealkylation sites (tertiary alicyclic amines) is 2. The molecular weight excluding hydrogens is 232 g/mol. The van der Waals surface area contributed by atoms with Crippen LogP contribution in [0.3, 0.4) is 0 Å². The van der Waals surface area contributed by atoms with Crippen LogP contribution >= 0.6 is 0 Å². The van der Waals surface area contributed by atoms with Crippen LogP contribution in [0.2, 0.25) is 0 Å². The predicted molar refractivity (Wildman–Crippen MR) is 67.2 cm³/mol. The summed E-state index contributed by atoms with van der Waals surface area (Å²) in [6, 6.07) is 0. The van der Waals surface area contributed by atoms with Gasteiger partial charge in [0.15, 0.2) is 0 Å². The molecule has 1 amide bonds. The summed E-state index contributed by atoms with van der Waals surface area (Å²) in [4.78, 5) is 26.9. The third kappa shape index (κ3) is 3.22. The van der Waals surface area contributed by atoms with Crippen molar-refractivity contribution in [1.29, 1.82) is 0 Å². The van der Waals surface area contributed by atoms with Gasteiger partial charge in [0.1, 0.15) is 0 Å². The zero-order valence-electron chi connectivity index (χ0n) is 11.0. The highest BCUT2D eigenvalue weighted by Gasteiger charge is 2.30. The monoisotopic (exact) mass is 254 g/mol. The molecule has 2 rings (SSSR count). The lowest BCUT2D eigenvalue weighted by molar-refractivity contribution is -0.141. The minimum atomic E-state index is -0.739. The SMILES string of the molecule is CC1CCCN(C(=O)CN2CCC(C(=O)O)C2)C1. The summed E-state index contributed by atoms with van der Waals surface area (Å²) < 4.78 is 0. The number of hydrogen-bond donors (Lipinski definition) is 1. The minimum Gasteiger partial charge on any atom is -0.481 e. The predicted octanol–water partition coefficient (Wildman–Crippen LogP) is 0.651. The van der Waals surface area contributed by atoms with Crippen LogP contribution in [-0.4, -0.2) is 59.5 Å². The van der Waals surface area contributed by atoms with Gasteiger partial charge in [-0.15, -0.1) is 0 Å². The first-order valence-electron chi connectivity index (χ1n) is 6.79. The van der Waals surface area contributed by atoms with Crippen molar-refractivity contribution in [3.05, 3.63) is 0 Å². The van der Waals surface area contributed by atoms with Crippen LogP contribution in [0, 0.1) is 11.8 Å². The Labute approximate surface area is 108 Å². The molecule has 0 aromatic heterocycles. The van der Waals surface area contributed by atoms with Crippen molar-refractivity contribution in [3.63, 3.8) is 0 Å². The molecule has 102 valence electrons. The Bertz CT molecular complexity index is 332. The Morgan fingerprint density at radius 3 is 2.61 bits per heavy atom. The molecule has 0 radical (unpaired) electrons. The first-order valence-corrected chi connectivity index (χ1v) is 6.79. The van der Waals surface area contributed by atoms with Crippen LogP contribution in [0.4, 0.5) is 0 Å². The van der Waals surface area contributed by atoms with Gasteiger partial charge in [0.05, 0.1) is 12.5 Å². The zero-order valence-corrected chi connectivity index (χ0v) is 11.0. The molecule has 1 N–H and O–H groups in total. The van der Waals surface area contributed by atoms with Crippen LogP contribution in [0.15, 0.2) is 0 Å². The van der Waals surface area contributed by atoms with Crippen LogP contribution in [0.25, 0.3) is 0 Å². The Morgan fingerprint density at radius 1 is 1.22 bits per heavy atom. The highest BCUT2D eigenvalue weighted by Crippen LogP contribution is 2.18. The molecule has 0 aliphatic carbocycles. The molecule has 2 fully saturated rings. The molecule has 2 aliphatic rings. The molecule has 5 nitrogen and oxygen atoms in total. The molecule has 18 heavy (non-hydrogen) atoms. The fraction of sp³-hybridized carbons (Fsp3) is 0.846. The molecule has 2 aliphatic heterocycles. The standard InChI is InChI=1S/C13H22N2O3/c1-10-3-2-5-15(7-10)12(16)9-14-6-4-11(8-14)13(17)18/h10-11H,2-9H2,1H3,(H,17,18). The average molecular weight is 254 g/mol. The minimum absolute atomic E-state index is 0.160. The van der Waals surface area contributed by atoms with E-state index >= 15 is 0 Å². The van der Waals surface area contributed by atoms with Crippen LogP contribution in [0.5, 0.6) is 0 Å². The van der Waals surface area contributed by atoms with Crippen molar-refractivity contribution in [2.45, 2.75) is 26.2 Å². The number of carbonyl (C=O) groups excluding carboxylic acids is 1. The molecule has 2 saturated heterocycles. The maximum absolute atomic E-state index is 12.1. The average Bonchev–Trinajstić information content (AvgIpc) is 2.77. The van der Waals surface area contributed by atoms with Crippen LogP contribution in [0.1, 0.15) is 26.2 Å². The first-order chi connectivity index (χ1) is 8.56. The number of amides is 1. The molecule has 2 heterocycles. The smallest absolute Gasteiger partial charge is 0.307 e. The summed E-state index contributed by atoms with van der Waals surface area (Å²) in [7, 11) is 0. The summed E-state index contributed by atoms with van der Waals surface area (Å²) in [5, 5.41) is 8.93. The van der Waals surface area contributed by atoms with Gasteiger partial charge in [-0.1, -0.05) is 6.92 Å². The second-order valence-electron chi connectivity index (χ2n) is 5.65. The Balaban J connectivity index is 1.79. The number of rotatable bonds is 3. The molecule has 0 spiro atoms. The number of aliphatic carboxylic acids is 1. The summed E-state index contributed by atoms with van der Waals surface area (Å²) in [6.45, 7) is 5.53. The molecular formula is C13H22N2O3. The fourth-order valence-corrected chi connectivity index (χ4v) is 2.89. The van der Waals surface area contributed by atoms with Gasteiger partial charge in [0.25, 0.3) is 0 Å². The van der Waals surface area contributed by atoms with Gasteiger partial charge in [-0.25, -0.2) is 0 Å². The van der Waals surface area contributed by atoms with Gasteiger partial charge in [0.2, 0.25) is 5.91 Å². The molecule has 0 aromatic carbocycles. The number of nitrogens with zero attached hydrogens (tertiary/aromatic N) is 2. The largest absolute Gasteiger partial charge is 0.481 e. The number of carbonyl (C=O) groups is 2. The van der Waals surface area contributed by atoms with Crippen LogP contribution in [-0.2, 0) is 9.59 Å². The molecule has 0 bridgehead atoms. The highest BCUT2D eigenvalue weighted by atomic mass is 16.4. The second-order valence-corrected chi connectivity index (χ2v) is 5.65. The van der Waals surface area contributed by atoms with Crippen molar-refractivity contribution in [1.82, 2.24) is 9.80 Å². The van der Waals surface area contributed by atoms with Gasteiger partial charge < -0.3 is 10.0 Å². The number of carboxylic acid groups (broad SMARTS) is 1. The van der Waals surface area contributed by atoms with Crippen LogP contribution < -0.4 is 0 Å². The van der Waals surface area contributed by atoms with E-state index in [1.807, 2.05) is 9.80 Å². The Hall–Kier alpha value is -1.10. The molecule has 5 heteroatoms. The van der Waals surface area contributed by atoms with E-state index in [0.717, 1.165) is 26.1 Å². The van der Waals surface area contributed by atoms with Crippen molar-refractivity contribution in [3.8, 4) is 0 Å². The summed E-state index contributed by atoms with van der Waals surface area (Å²) in [6.07, 6.45) is 2.96. The third-order valence-electron chi connectivity index (χ3n) is 3.99. The topological polar surface area (TPSA) is 60.9 Å². The zero-order chi connectivity index (χ0) is 13.1. The van der Waals surface area contributed by atoms with Gasteiger partial charge in [-0.3, -0.25) is 14.5 Å². The van der Waals surface area contributed by atoms with Crippen molar-refractivity contribution < 1.29 is 14.7 Å². The van der Waals surface area contributed by atoms with Gasteiger partial charge >= 0.3 is 5.97 Å². The maximum Gasteiger partial charge on any atom is 0.307 e. The number of hydrogen-bond acceptors (Lipinski definition) is 3. The molecule has 0 saturated carbocycles. The molecule has 2 atom stereocenters. The van der Waals surface area contributed by atoms with Crippen molar-refractivity contribution in [2.24, 2.45) is 11.8 Å². The van der Waals surface area contributed by atoms with E-state index in [9.17, 15) is 9.59 Å². The lowest BCUT2D eigenvalue weighted by Gasteiger charge is -2.32. The van der Waals surface area contributed by atoms with Gasteiger partial charge in [0, 0.05) is 19.6 Å². The number of carboxylic acids is 1. The maximum atomic E-state index is 12.1. The number of piperidine rings is 1. The van der Waals surface area contributed by atoms with E-state index in [0.29, 0.717) is 25.4 Å². The lowest BCUT2D eigenvalue weighted by Crippen LogP contribution is -2.44. The van der Waals surface area contributed by atoms with E-state index < -0.39 is 5.97 Å². The third-order valence-corrected chi connectivity index (χ3v) is 3.99. The quantitative estimate of drug-likeness (QED) is 0.803. The Kier molecular flexibility index (Phi) is 4.22. The summed E-state index contributed by atoms with van der Waals surface area (Å²) in [5.74, 6) is -0.282. The summed E-state index contributed by atoms with van der Waals surface area (Å²) in [5.41, 5.74) is 0. The van der Waals surface area contributed by atoms with E-state index in [4.69, 9.17) is 5.11 Å². The fourth-order valence-electron chi connectivity index (χ4n) is 2.89. The van der Waals surface area contributed by atoms with E-state index in [1.54, 1.807) is 0 Å². The Morgan fingerprint density at radius 2 is 2.00 bits per heavy atom. The van der Waals surface area contributed by atoms with E-state index in [1.165, 1.54) is 6.42 Å². The normalized spacial score (nSPS) is 29.5. The van der Waals surface area contributed by atoms with E-state index in [-0.39, 0.29) is 11.8 Å².